The third kappa shape index (κ3) is 5.00. The zero-order valence-corrected chi connectivity index (χ0v) is 17.0. The molecule has 1 aromatic heterocycles. The predicted molar refractivity (Wildman–Crippen MR) is 108 cm³/mol. The zero-order valence-electron chi connectivity index (χ0n) is 17.0. The summed E-state index contributed by atoms with van der Waals surface area (Å²) in [5.41, 5.74) is 1.85. The molecule has 1 aliphatic rings. The van der Waals surface area contributed by atoms with Crippen LogP contribution in [0.1, 0.15) is 44.7 Å². The number of rotatable bonds is 5. The second kappa shape index (κ2) is 8.59. The first-order chi connectivity index (χ1) is 13.3. The SMILES string of the molecule is CC(C)(C)C(=O)N1CCCC(C(=O)NCc2ccccc2Cn2ccnc2)C1. The minimum atomic E-state index is -0.412. The minimum absolute atomic E-state index is 0.0313. The van der Waals surface area contributed by atoms with Gasteiger partial charge in [-0.25, -0.2) is 4.98 Å². The van der Waals surface area contributed by atoms with E-state index in [1.807, 2.05) is 54.6 Å². The molecule has 3 rings (SSSR count). The van der Waals surface area contributed by atoms with Gasteiger partial charge in [0.1, 0.15) is 0 Å². The number of nitrogens with one attached hydrogen (secondary N) is 1. The van der Waals surface area contributed by atoms with E-state index in [0.29, 0.717) is 13.1 Å². The second-order valence-corrected chi connectivity index (χ2v) is 8.56. The number of carbonyl (C=O) groups is 2. The molecule has 2 aromatic rings. The number of likely N-dealkylation sites (tertiary alicyclic amines) is 1. The lowest BCUT2D eigenvalue weighted by Crippen LogP contribution is -2.48. The topological polar surface area (TPSA) is 67.2 Å². The van der Waals surface area contributed by atoms with Gasteiger partial charge in [-0.15, -0.1) is 0 Å². The van der Waals surface area contributed by atoms with E-state index in [0.717, 1.165) is 37.1 Å². The van der Waals surface area contributed by atoms with Crippen molar-refractivity contribution in [2.75, 3.05) is 13.1 Å². The molecule has 2 heterocycles. The summed E-state index contributed by atoms with van der Waals surface area (Å²) in [6, 6.07) is 8.12. The molecule has 1 aliphatic heterocycles. The number of amides is 2. The van der Waals surface area contributed by atoms with Gasteiger partial charge in [0, 0.05) is 44.0 Å². The van der Waals surface area contributed by atoms with Gasteiger partial charge in [0.2, 0.25) is 11.8 Å². The summed E-state index contributed by atoms with van der Waals surface area (Å²) in [4.78, 5) is 31.2. The minimum Gasteiger partial charge on any atom is -0.352 e. The van der Waals surface area contributed by atoms with Crippen LogP contribution in [0.25, 0.3) is 0 Å². The molecule has 1 aromatic carbocycles. The van der Waals surface area contributed by atoms with Crippen LogP contribution >= 0.6 is 0 Å². The average Bonchev–Trinajstić information content (AvgIpc) is 3.19. The van der Waals surface area contributed by atoms with Gasteiger partial charge in [0.05, 0.1) is 12.2 Å². The van der Waals surface area contributed by atoms with Crippen molar-refractivity contribution in [3.8, 4) is 0 Å². The van der Waals surface area contributed by atoms with E-state index in [4.69, 9.17) is 0 Å². The molecule has 1 unspecified atom stereocenters. The summed E-state index contributed by atoms with van der Waals surface area (Å²) in [7, 11) is 0. The van der Waals surface area contributed by atoms with Gasteiger partial charge in [-0.3, -0.25) is 9.59 Å². The normalized spacial score (nSPS) is 17.4. The number of imidazole rings is 1. The summed E-state index contributed by atoms with van der Waals surface area (Å²) >= 11 is 0. The van der Waals surface area contributed by atoms with Gasteiger partial charge < -0.3 is 14.8 Å². The van der Waals surface area contributed by atoms with Crippen molar-refractivity contribution < 1.29 is 9.59 Å². The van der Waals surface area contributed by atoms with Crippen molar-refractivity contribution >= 4 is 11.8 Å². The van der Waals surface area contributed by atoms with E-state index in [-0.39, 0.29) is 17.7 Å². The van der Waals surface area contributed by atoms with Crippen molar-refractivity contribution in [1.29, 1.82) is 0 Å². The first-order valence-corrected chi connectivity index (χ1v) is 9.94. The Labute approximate surface area is 166 Å². The quantitative estimate of drug-likeness (QED) is 0.865. The molecule has 0 saturated carbocycles. The number of hydrogen-bond donors (Lipinski definition) is 1. The lowest BCUT2D eigenvalue weighted by Gasteiger charge is -2.35. The number of aromatic nitrogens is 2. The van der Waals surface area contributed by atoms with Crippen molar-refractivity contribution in [3.05, 3.63) is 54.1 Å². The Bertz CT molecular complexity index is 808. The van der Waals surface area contributed by atoms with Crippen molar-refractivity contribution in [3.63, 3.8) is 0 Å². The molecule has 150 valence electrons. The standard InChI is InChI=1S/C22H30N4O2/c1-22(2,3)21(28)26-11-6-9-19(15-26)20(27)24-13-17-7-4-5-8-18(17)14-25-12-10-23-16-25/h4-5,7-8,10,12,16,19H,6,9,11,13-15H2,1-3H3,(H,24,27). The fourth-order valence-electron chi connectivity index (χ4n) is 3.64. The Kier molecular flexibility index (Phi) is 6.17. The number of benzene rings is 1. The van der Waals surface area contributed by atoms with Gasteiger partial charge in [0.15, 0.2) is 0 Å². The predicted octanol–water partition coefficient (Wildman–Crippen LogP) is 2.83. The van der Waals surface area contributed by atoms with Crippen molar-refractivity contribution in [2.24, 2.45) is 11.3 Å². The van der Waals surface area contributed by atoms with Crippen LogP contribution in [0.4, 0.5) is 0 Å². The molecule has 1 fully saturated rings. The smallest absolute Gasteiger partial charge is 0.227 e. The third-order valence-corrected chi connectivity index (χ3v) is 5.20. The number of nitrogens with zero attached hydrogens (tertiary/aromatic N) is 3. The van der Waals surface area contributed by atoms with E-state index in [1.54, 1.807) is 12.5 Å². The fourth-order valence-corrected chi connectivity index (χ4v) is 3.64. The molecular weight excluding hydrogens is 352 g/mol. The van der Waals surface area contributed by atoms with Crippen LogP contribution in [0.2, 0.25) is 0 Å². The molecule has 0 spiro atoms. The highest BCUT2D eigenvalue weighted by Crippen LogP contribution is 2.23. The summed E-state index contributed by atoms with van der Waals surface area (Å²) in [5.74, 6) is 0.0142. The van der Waals surface area contributed by atoms with Gasteiger partial charge in [0.25, 0.3) is 0 Å². The second-order valence-electron chi connectivity index (χ2n) is 8.56. The highest BCUT2D eigenvalue weighted by atomic mass is 16.2. The Morgan fingerprint density at radius 3 is 2.64 bits per heavy atom. The Morgan fingerprint density at radius 2 is 1.96 bits per heavy atom. The van der Waals surface area contributed by atoms with Crippen LogP contribution in [-0.2, 0) is 22.7 Å². The van der Waals surface area contributed by atoms with Gasteiger partial charge in [-0.1, -0.05) is 45.0 Å². The molecule has 0 aliphatic carbocycles. The van der Waals surface area contributed by atoms with Crippen LogP contribution in [0.15, 0.2) is 43.0 Å². The van der Waals surface area contributed by atoms with Crippen molar-refractivity contribution in [1.82, 2.24) is 19.8 Å². The van der Waals surface area contributed by atoms with Crippen LogP contribution in [-0.4, -0.2) is 39.4 Å². The Hall–Kier alpha value is -2.63. The zero-order chi connectivity index (χ0) is 20.1. The van der Waals surface area contributed by atoms with Gasteiger partial charge >= 0.3 is 0 Å². The first-order valence-electron chi connectivity index (χ1n) is 9.94. The van der Waals surface area contributed by atoms with Crippen LogP contribution in [0.5, 0.6) is 0 Å². The third-order valence-electron chi connectivity index (χ3n) is 5.20. The van der Waals surface area contributed by atoms with E-state index in [9.17, 15) is 9.59 Å². The maximum atomic E-state index is 12.8. The summed E-state index contributed by atoms with van der Waals surface area (Å²) < 4.78 is 2.01. The molecular formula is C22H30N4O2. The molecule has 0 bridgehead atoms. The largest absolute Gasteiger partial charge is 0.352 e. The Morgan fingerprint density at radius 1 is 1.21 bits per heavy atom. The van der Waals surface area contributed by atoms with Crippen LogP contribution < -0.4 is 5.32 Å². The van der Waals surface area contributed by atoms with Gasteiger partial charge in [-0.05, 0) is 24.0 Å². The van der Waals surface area contributed by atoms with E-state index < -0.39 is 5.41 Å². The van der Waals surface area contributed by atoms with Crippen LogP contribution in [0, 0.1) is 11.3 Å². The van der Waals surface area contributed by atoms with Crippen molar-refractivity contribution in [2.45, 2.75) is 46.7 Å². The molecule has 0 radical (unpaired) electrons. The fraction of sp³-hybridized carbons (Fsp3) is 0.500. The lowest BCUT2D eigenvalue weighted by molar-refractivity contribution is -0.142. The molecule has 6 nitrogen and oxygen atoms in total. The maximum Gasteiger partial charge on any atom is 0.227 e. The van der Waals surface area contributed by atoms with E-state index in [1.165, 1.54) is 0 Å². The molecule has 1 saturated heterocycles. The number of hydrogen-bond acceptors (Lipinski definition) is 3. The maximum absolute atomic E-state index is 12.8. The van der Waals surface area contributed by atoms with Crippen LogP contribution in [0.3, 0.4) is 0 Å². The van der Waals surface area contributed by atoms with E-state index >= 15 is 0 Å². The molecule has 1 N–H and O–H groups in total. The molecule has 6 heteroatoms. The molecule has 28 heavy (non-hydrogen) atoms. The average molecular weight is 383 g/mol. The molecule has 1 atom stereocenters. The van der Waals surface area contributed by atoms with E-state index in [2.05, 4.69) is 16.4 Å². The monoisotopic (exact) mass is 382 g/mol. The Balaban J connectivity index is 1.59. The first kappa shape index (κ1) is 20.1. The molecule has 2 amide bonds. The highest BCUT2D eigenvalue weighted by Gasteiger charge is 2.33. The van der Waals surface area contributed by atoms with Gasteiger partial charge in [-0.2, -0.15) is 0 Å². The summed E-state index contributed by atoms with van der Waals surface area (Å²) in [6.07, 6.45) is 7.18. The number of carbonyl (C=O) groups excluding carboxylic acids is 2. The summed E-state index contributed by atoms with van der Waals surface area (Å²) in [5, 5.41) is 3.09. The highest BCUT2D eigenvalue weighted by molar-refractivity contribution is 5.83. The summed E-state index contributed by atoms with van der Waals surface area (Å²) in [6.45, 7) is 8.26. The lowest BCUT2D eigenvalue weighted by atomic mass is 9.91. The number of piperidine rings is 1.